The molecule has 2 aliphatic heterocycles. The Balaban J connectivity index is 1.41. The van der Waals surface area contributed by atoms with Crippen LogP contribution in [-0.4, -0.2) is 76.9 Å². The molecule has 0 aliphatic carbocycles. The van der Waals surface area contributed by atoms with Gasteiger partial charge in [0.25, 0.3) is 5.91 Å². The fourth-order valence-electron chi connectivity index (χ4n) is 4.01. The highest BCUT2D eigenvalue weighted by Gasteiger charge is 2.36. The highest BCUT2D eigenvalue weighted by atomic mass is 35.5. The number of nitrogens with two attached hydrogens (primary N) is 2. The number of thioether (sulfide) groups is 1. The molecule has 8 nitrogen and oxygen atoms in total. The van der Waals surface area contributed by atoms with Crippen LogP contribution >= 0.6 is 23.4 Å². The number of nitrogens with zero attached hydrogens (tertiary/aromatic N) is 3. The first-order valence-corrected chi connectivity index (χ1v) is 12.0. The number of piperazine rings is 1. The number of anilines is 1. The zero-order valence-corrected chi connectivity index (χ0v) is 19.2. The standard InChI is InChI=1S/C22H26ClN5O3S/c23-16-9-15-10-18(31-21(15)17(12-16)14-1-3-26-19(25)11-14)22(30)28-6-4-27(5-7-28)20(29)13-32-8-2-24/h1,3,9,11-12,18H,2,4-8,10,13,24H2,(H2,25,26). The number of fused-ring (bicyclic) bond motifs is 1. The second-order valence-corrected chi connectivity index (χ2v) is 9.31. The molecule has 4 N–H and O–H groups in total. The maximum Gasteiger partial charge on any atom is 0.264 e. The minimum absolute atomic E-state index is 0.0675. The van der Waals surface area contributed by atoms with Gasteiger partial charge in [-0.1, -0.05) is 11.6 Å². The van der Waals surface area contributed by atoms with Crippen molar-refractivity contribution in [2.75, 3.05) is 50.0 Å². The number of hydrogen-bond acceptors (Lipinski definition) is 7. The summed E-state index contributed by atoms with van der Waals surface area (Å²) in [6, 6.07) is 7.25. The summed E-state index contributed by atoms with van der Waals surface area (Å²) >= 11 is 7.88. The van der Waals surface area contributed by atoms with Crippen molar-refractivity contribution in [3.05, 3.63) is 41.0 Å². The zero-order valence-electron chi connectivity index (χ0n) is 17.6. The lowest BCUT2D eigenvalue weighted by Gasteiger charge is -2.35. The second kappa shape index (κ2) is 9.97. The summed E-state index contributed by atoms with van der Waals surface area (Å²) in [5.41, 5.74) is 13.8. The van der Waals surface area contributed by atoms with E-state index in [1.54, 1.807) is 17.2 Å². The predicted molar refractivity (Wildman–Crippen MR) is 127 cm³/mol. The summed E-state index contributed by atoms with van der Waals surface area (Å²) in [7, 11) is 0. The van der Waals surface area contributed by atoms with Crippen molar-refractivity contribution in [2.24, 2.45) is 5.73 Å². The molecule has 2 amide bonds. The smallest absolute Gasteiger partial charge is 0.264 e. The van der Waals surface area contributed by atoms with Gasteiger partial charge in [-0.05, 0) is 29.8 Å². The van der Waals surface area contributed by atoms with E-state index in [1.165, 1.54) is 11.8 Å². The Morgan fingerprint density at radius 2 is 1.94 bits per heavy atom. The van der Waals surface area contributed by atoms with Gasteiger partial charge >= 0.3 is 0 Å². The van der Waals surface area contributed by atoms with Gasteiger partial charge in [-0.15, -0.1) is 0 Å². The summed E-state index contributed by atoms with van der Waals surface area (Å²) in [6.45, 7) is 2.61. The molecule has 1 aromatic carbocycles. The molecule has 1 saturated heterocycles. The number of carbonyl (C=O) groups excluding carboxylic acids is 2. The van der Waals surface area contributed by atoms with Crippen molar-refractivity contribution in [1.82, 2.24) is 14.8 Å². The SMILES string of the molecule is NCCSCC(=O)N1CCN(C(=O)C2Cc3cc(Cl)cc(-c4ccnc(N)c4)c3O2)CC1. The number of rotatable bonds is 6. The number of pyridine rings is 1. The third kappa shape index (κ3) is 4.95. The van der Waals surface area contributed by atoms with E-state index in [0.717, 1.165) is 22.4 Å². The molecule has 0 radical (unpaired) electrons. The first-order valence-electron chi connectivity index (χ1n) is 10.5. The van der Waals surface area contributed by atoms with Gasteiger partial charge < -0.3 is 26.0 Å². The lowest BCUT2D eigenvalue weighted by molar-refractivity contribution is -0.142. The number of amides is 2. The van der Waals surface area contributed by atoms with E-state index in [2.05, 4.69) is 4.98 Å². The Hall–Kier alpha value is -2.49. The number of halogens is 1. The number of aromatic nitrogens is 1. The molecule has 0 saturated carbocycles. The molecule has 4 rings (SSSR count). The van der Waals surface area contributed by atoms with Gasteiger partial charge in [-0.3, -0.25) is 9.59 Å². The molecule has 1 fully saturated rings. The lowest BCUT2D eigenvalue weighted by atomic mass is 10.0. The first kappa shape index (κ1) is 22.7. The molecule has 10 heteroatoms. The minimum Gasteiger partial charge on any atom is -0.479 e. The van der Waals surface area contributed by atoms with Crippen LogP contribution in [0.5, 0.6) is 5.75 Å². The van der Waals surface area contributed by atoms with Gasteiger partial charge in [0.05, 0.1) is 5.75 Å². The highest BCUT2D eigenvalue weighted by molar-refractivity contribution is 7.99. The average Bonchev–Trinajstić information content (AvgIpc) is 3.22. The molecule has 1 aromatic heterocycles. The average molecular weight is 476 g/mol. The van der Waals surface area contributed by atoms with Gasteiger partial charge in [0.15, 0.2) is 6.10 Å². The quantitative estimate of drug-likeness (QED) is 0.610. The number of nitrogen functional groups attached to an aromatic ring is 1. The van der Waals surface area contributed by atoms with E-state index in [0.29, 0.717) is 61.5 Å². The third-order valence-corrected chi connectivity index (χ3v) is 6.79. The summed E-state index contributed by atoms with van der Waals surface area (Å²) in [6.07, 6.45) is 1.48. The number of benzene rings is 1. The van der Waals surface area contributed by atoms with Crippen LogP contribution in [0.1, 0.15) is 5.56 Å². The third-order valence-electron chi connectivity index (χ3n) is 5.60. The Kier molecular flexibility index (Phi) is 7.07. The molecule has 32 heavy (non-hydrogen) atoms. The van der Waals surface area contributed by atoms with Crippen molar-refractivity contribution in [3.8, 4) is 16.9 Å². The Morgan fingerprint density at radius 1 is 1.19 bits per heavy atom. The number of hydrogen-bond donors (Lipinski definition) is 2. The summed E-state index contributed by atoms with van der Waals surface area (Å²) in [4.78, 5) is 33.1. The molecule has 1 unspecified atom stereocenters. The van der Waals surface area contributed by atoms with Crippen LogP contribution < -0.4 is 16.2 Å². The minimum atomic E-state index is -0.608. The van der Waals surface area contributed by atoms with Crippen LogP contribution in [0.15, 0.2) is 30.5 Å². The molecule has 3 heterocycles. The van der Waals surface area contributed by atoms with Crippen LogP contribution in [-0.2, 0) is 16.0 Å². The van der Waals surface area contributed by atoms with Gasteiger partial charge in [-0.2, -0.15) is 11.8 Å². The molecule has 2 aliphatic rings. The monoisotopic (exact) mass is 475 g/mol. The van der Waals surface area contributed by atoms with Gasteiger partial charge in [0.1, 0.15) is 11.6 Å². The predicted octanol–water partition coefficient (Wildman–Crippen LogP) is 1.65. The van der Waals surface area contributed by atoms with Gasteiger partial charge in [0.2, 0.25) is 5.91 Å². The van der Waals surface area contributed by atoms with E-state index in [-0.39, 0.29) is 11.8 Å². The van der Waals surface area contributed by atoms with Crippen LogP contribution in [0.3, 0.4) is 0 Å². The Labute approximate surface area is 196 Å². The van der Waals surface area contributed by atoms with Crippen LogP contribution in [0.4, 0.5) is 5.82 Å². The number of ether oxygens (including phenoxy) is 1. The zero-order chi connectivity index (χ0) is 22.7. The van der Waals surface area contributed by atoms with E-state index >= 15 is 0 Å². The molecular weight excluding hydrogens is 450 g/mol. The largest absolute Gasteiger partial charge is 0.479 e. The number of carbonyl (C=O) groups is 2. The van der Waals surface area contributed by atoms with E-state index in [9.17, 15) is 9.59 Å². The normalized spacial score (nSPS) is 17.8. The van der Waals surface area contributed by atoms with E-state index in [4.69, 9.17) is 27.8 Å². The summed E-state index contributed by atoms with van der Waals surface area (Å²) in [5.74, 6) is 2.27. The van der Waals surface area contributed by atoms with Gasteiger partial charge in [0, 0.05) is 67.2 Å². The molecule has 0 bridgehead atoms. The molecule has 0 spiro atoms. The lowest BCUT2D eigenvalue weighted by Crippen LogP contribution is -2.53. The van der Waals surface area contributed by atoms with Crippen molar-refractivity contribution in [1.29, 1.82) is 0 Å². The van der Waals surface area contributed by atoms with Gasteiger partial charge in [-0.25, -0.2) is 4.98 Å². The van der Waals surface area contributed by atoms with Crippen LogP contribution in [0, 0.1) is 0 Å². The van der Waals surface area contributed by atoms with Crippen LogP contribution in [0.25, 0.3) is 11.1 Å². The van der Waals surface area contributed by atoms with Crippen molar-refractivity contribution < 1.29 is 14.3 Å². The molecule has 2 aromatic rings. The first-order chi connectivity index (χ1) is 15.5. The topological polar surface area (TPSA) is 115 Å². The maximum atomic E-state index is 13.2. The van der Waals surface area contributed by atoms with Crippen molar-refractivity contribution >= 4 is 41.0 Å². The molecule has 1 atom stereocenters. The Morgan fingerprint density at radius 3 is 2.66 bits per heavy atom. The fourth-order valence-corrected chi connectivity index (χ4v) is 4.92. The highest BCUT2D eigenvalue weighted by Crippen LogP contribution is 2.41. The Bertz CT molecular complexity index is 1010. The van der Waals surface area contributed by atoms with Crippen molar-refractivity contribution in [3.63, 3.8) is 0 Å². The molecule has 170 valence electrons. The summed E-state index contributed by atoms with van der Waals surface area (Å²) < 4.78 is 6.14. The summed E-state index contributed by atoms with van der Waals surface area (Å²) in [5, 5.41) is 0.575. The van der Waals surface area contributed by atoms with E-state index in [1.807, 2.05) is 23.1 Å². The van der Waals surface area contributed by atoms with E-state index < -0.39 is 6.10 Å². The maximum absolute atomic E-state index is 13.2. The molecular formula is C22H26ClN5O3S. The van der Waals surface area contributed by atoms with Crippen LogP contribution in [0.2, 0.25) is 5.02 Å². The second-order valence-electron chi connectivity index (χ2n) is 7.77. The van der Waals surface area contributed by atoms with Crippen molar-refractivity contribution in [2.45, 2.75) is 12.5 Å². The fraction of sp³-hybridized carbons (Fsp3) is 0.409.